The number of rotatable bonds is 9. The summed E-state index contributed by atoms with van der Waals surface area (Å²) >= 11 is 0. The number of hydrogen-bond acceptors (Lipinski definition) is 5. The second-order valence-electron chi connectivity index (χ2n) is 5.43. The van der Waals surface area contributed by atoms with Crippen LogP contribution >= 0.6 is 0 Å². The van der Waals surface area contributed by atoms with Crippen molar-refractivity contribution in [2.45, 2.75) is 57.7 Å². The molecular weight excluding hydrogens is 264 g/mol. The second-order valence-corrected chi connectivity index (χ2v) is 5.43. The van der Waals surface area contributed by atoms with Crippen molar-refractivity contribution in [3.8, 4) is 0 Å². The molecule has 0 aromatic carbocycles. The smallest absolute Gasteiger partial charge is 0.336 e. The Balaban J connectivity index is 4.45. The lowest BCUT2D eigenvalue weighted by Crippen LogP contribution is -2.41. The molecule has 0 aliphatic rings. The predicted octanol–water partition coefficient (Wildman–Crippen LogP) is 1.25. The number of esters is 1. The van der Waals surface area contributed by atoms with E-state index in [1.165, 1.54) is 0 Å². The minimum atomic E-state index is -2.15. The molecule has 0 rings (SSSR count). The van der Waals surface area contributed by atoms with E-state index in [1.54, 1.807) is 32.9 Å². The molecule has 0 fully saturated rings. The highest BCUT2D eigenvalue weighted by Crippen LogP contribution is 2.22. The molecule has 0 aliphatic carbocycles. The van der Waals surface area contributed by atoms with Crippen LogP contribution in [0.15, 0.2) is 12.2 Å². The molecule has 0 aromatic rings. The maximum Gasteiger partial charge on any atom is 0.336 e. The summed E-state index contributed by atoms with van der Waals surface area (Å²) in [6.07, 6.45) is 3.19. The molecule has 0 spiro atoms. The van der Waals surface area contributed by atoms with Crippen LogP contribution in [0.1, 0.15) is 46.5 Å². The lowest BCUT2D eigenvalue weighted by atomic mass is 9.90. The topological polar surface area (TPSA) is 104 Å². The molecule has 6 heteroatoms. The third kappa shape index (κ3) is 7.91. The minimum Gasteiger partial charge on any atom is -0.479 e. The molecule has 0 aromatic heterocycles. The molecule has 6 nitrogen and oxygen atoms in total. The number of carboxylic acids is 1. The van der Waals surface area contributed by atoms with Crippen LogP contribution in [0.4, 0.5) is 0 Å². The molecule has 0 heterocycles. The van der Waals surface area contributed by atoms with Gasteiger partial charge >= 0.3 is 11.9 Å². The Morgan fingerprint density at radius 2 is 1.80 bits per heavy atom. The van der Waals surface area contributed by atoms with Crippen molar-refractivity contribution in [2.24, 2.45) is 0 Å². The Kier molecular flexibility index (Phi) is 7.45. The quantitative estimate of drug-likeness (QED) is 0.436. The molecular formula is C14H24O6. The third-order valence-corrected chi connectivity index (χ3v) is 2.79. The third-order valence-electron chi connectivity index (χ3n) is 2.79. The van der Waals surface area contributed by atoms with Gasteiger partial charge in [0.2, 0.25) is 0 Å². The first-order chi connectivity index (χ1) is 9.10. The molecule has 0 radical (unpaired) electrons. The standard InChI is InChI=1S/C14H24O6/c1-4-5-9-20-11(15)10-14(19,12(16)17)8-6-7-13(2,3)18/h4-5,18-19H,6-10H2,1-3H3,(H,16,17)/t14-/m1/s1. The summed E-state index contributed by atoms with van der Waals surface area (Å²) < 4.78 is 4.78. The molecule has 116 valence electrons. The number of carboxylic acid groups (broad SMARTS) is 1. The van der Waals surface area contributed by atoms with Gasteiger partial charge in [-0.3, -0.25) is 4.79 Å². The first kappa shape index (κ1) is 18.6. The summed E-state index contributed by atoms with van der Waals surface area (Å²) in [5.41, 5.74) is -3.09. The first-order valence-electron chi connectivity index (χ1n) is 6.56. The van der Waals surface area contributed by atoms with Gasteiger partial charge in [-0.15, -0.1) is 0 Å². The lowest BCUT2D eigenvalue weighted by molar-refractivity contribution is -0.168. The first-order valence-corrected chi connectivity index (χ1v) is 6.56. The van der Waals surface area contributed by atoms with E-state index in [2.05, 4.69) is 0 Å². The fraction of sp³-hybridized carbons (Fsp3) is 0.714. The van der Waals surface area contributed by atoms with E-state index < -0.39 is 29.6 Å². The van der Waals surface area contributed by atoms with E-state index in [1.807, 2.05) is 0 Å². The fourth-order valence-electron chi connectivity index (χ4n) is 1.61. The molecule has 0 bridgehead atoms. The summed E-state index contributed by atoms with van der Waals surface area (Å²) in [6, 6.07) is 0. The predicted molar refractivity (Wildman–Crippen MR) is 73.1 cm³/mol. The van der Waals surface area contributed by atoms with Crippen LogP contribution < -0.4 is 0 Å². The van der Waals surface area contributed by atoms with Gasteiger partial charge in [0, 0.05) is 0 Å². The van der Waals surface area contributed by atoms with E-state index >= 15 is 0 Å². The molecule has 1 atom stereocenters. The highest BCUT2D eigenvalue weighted by Gasteiger charge is 2.38. The highest BCUT2D eigenvalue weighted by atomic mass is 16.5. The largest absolute Gasteiger partial charge is 0.479 e. The van der Waals surface area contributed by atoms with Gasteiger partial charge in [0.05, 0.1) is 12.0 Å². The van der Waals surface area contributed by atoms with Gasteiger partial charge in [-0.05, 0) is 40.0 Å². The number of carbonyl (C=O) groups is 2. The molecule has 0 amide bonds. The van der Waals surface area contributed by atoms with Crippen LogP contribution in [-0.4, -0.2) is 45.1 Å². The molecule has 0 saturated heterocycles. The van der Waals surface area contributed by atoms with Crippen LogP contribution in [0.25, 0.3) is 0 Å². The summed E-state index contributed by atoms with van der Waals surface area (Å²) in [5.74, 6) is -2.23. The normalized spacial score (nSPS) is 15.1. The van der Waals surface area contributed by atoms with Crippen molar-refractivity contribution in [3.63, 3.8) is 0 Å². The number of allylic oxidation sites excluding steroid dienone is 1. The SMILES string of the molecule is CC=CCOC(=O)C[C@](O)(CCCC(C)(C)O)C(=O)O. The average Bonchev–Trinajstić information content (AvgIpc) is 2.27. The lowest BCUT2D eigenvalue weighted by Gasteiger charge is -2.24. The van der Waals surface area contributed by atoms with Gasteiger partial charge in [0.15, 0.2) is 5.60 Å². The van der Waals surface area contributed by atoms with Crippen molar-refractivity contribution in [3.05, 3.63) is 12.2 Å². The zero-order valence-corrected chi connectivity index (χ0v) is 12.3. The van der Waals surface area contributed by atoms with Crippen LogP contribution in [0.2, 0.25) is 0 Å². The number of carbonyl (C=O) groups excluding carboxylic acids is 1. The van der Waals surface area contributed by atoms with Crippen molar-refractivity contribution in [1.82, 2.24) is 0 Å². The van der Waals surface area contributed by atoms with Gasteiger partial charge in [0.25, 0.3) is 0 Å². The van der Waals surface area contributed by atoms with Crippen molar-refractivity contribution in [2.75, 3.05) is 6.61 Å². The van der Waals surface area contributed by atoms with Gasteiger partial charge in [-0.1, -0.05) is 12.2 Å². The van der Waals surface area contributed by atoms with Crippen molar-refractivity contribution in [1.29, 1.82) is 0 Å². The van der Waals surface area contributed by atoms with Crippen LogP contribution in [0.5, 0.6) is 0 Å². The molecule has 3 N–H and O–H groups in total. The van der Waals surface area contributed by atoms with E-state index in [-0.39, 0.29) is 19.4 Å². The monoisotopic (exact) mass is 288 g/mol. The van der Waals surface area contributed by atoms with E-state index in [0.717, 1.165) is 0 Å². The van der Waals surface area contributed by atoms with Gasteiger partial charge in [-0.2, -0.15) is 0 Å². The number of aliphatic carboxylic acids is 1. The summed E-state index contributed by atoms with van der Waals surface area (Å²) in [6.45, 7) is 5.00. The Bertz CT molecular complexity index is 355. The zero-order chi connectivity index (χ0) is 15.8. The van der Waals surface area contributed by atoms with Gasteiger partial charge < -0.3 is 20.1 Å². The van der Waals surface area contributed by atoms with Gasteiger partial charge in [0.1, 0.15) is 6.61 Å². The molecule has 20 heavy (non-hydrogen) atoms. The minimum absolute atomic E-state index is 0.0503. The Morgan fingerprint density at radius 3 is 2.25 bits per heavy atom. The van der Waals surface area contributed by atoms with E-state index in [4.69, 9.17) is 9.84 Å². The Hall–Kier alpha value is -1.40. The Labute approximate surface area is 119 Å². The van der Waals surface area contributed by atoms with E-state index in [9.17, 15) is 19.8 Å². The fourth-order valence-corrected chi connectivity index (χ4v) is 1.61. The average molecular weight is 288 g/mol. The molecule has 0 unspecified atom stereocenters. The summed E-state index contributed by atoms with van der Waals surface area (Å²) in [7, 11) is 0. The van der Waals surface area contributed by atoms with Crippen LogP contribution in [0, 0.1) is 0 Å². The number of aliphatic hydroxyl groups is 2. The van der Waals surface area contributed by atoms with Crippen LogP contribution in [0.3, 0.4) is 0 Å². The number of hydrogen-bond donors (Lipinski definition) is 3. The van der Waals surface area contributed by atoms with Crippen molar-refractivity contribution < 1.29 is 29.6 Å². The zero-order valence-electron chi connectivity index (χ0n) is 12.3. The maximum atomic E-state index is 11.5. The van der Waals surface area contributed by atoms with Crippen molar-refractivity contribution >= 4 is 11.9 Å². The maximum absolute atomic E-state index is 11.5. The Morgan fingerprint density at radius 1 is 1.20 bits per heavy atom. The van der Waals surface area contributed by atoms with E-state index in [0.29, 0.717) is 6.42 Å². The summed E-state index contributed by atoms with van der Waals surface area (Å²) in [5, 5.41) is 28.6. The number of ether oxygens (including phenoxy) is 1. The molecule has 0 saturated carbocycles. The molecule has 0 aliphatic heterocycles. The summed E-state index contributed by atoms with van der Waals surface area (Å²) in [4.78, 5) is 22.6. The second kappa shape index (κ2) is 8.01. The highest BCUT2D eigenvalue weighted by molar-refractivity contribution is 5.84. The van der Waals surface area contributed by atoms with Crippen LogP contribution in [-0.2, 0) is 14.3 Å². The van der Waals surface area contributed by atoms with Gasteiger partial charge in [-0.25, -0.2) is 4.79 Å².